The minimum Gasteiger partial charge on any atom is -0.347 e. The predicted molar refractivity (Wildman–Crippen MR) is 92.9 cm³/mol. The summed E-state index contributed by atoms with van der Waals surface area (Å²) < 4.78 is 1.68. The molecule has 0 saturated heterocycles. The monoisotopic (exact) mass is 340 g/mol. The van der Waals surface area contributed by atoms with Gasteiger partial charge in [0, 0.05) is 11.6 Å². The van der Waals surface area contributed by atoms with E-state index in [9.17, 15) is 4.79 Å². The Bertz CT molecular complexity index is 845. The van der Waals surface area contributed by atoms with E-state index in [-0.39, 0.29) is 5.91 Å². The van der Waals surface area contributed by atoms with Crippen molar-refractivity contribution in [3.05, 3.63) is 82.1 Å². The maximum Gasteiger partial charge on any atom is 0.274 e. The quantitative estimate of drug-likeness (QED) is 0.775. The molecule has 122 valence electrons. The molecule has 5 nitrogen and oxygen atoms in total. The van der Waals surface area contributed by atoms with E-state index >= 15 is 0 Å². The largest absolute Gasteiger partial charge is 0.347 e. The molecule has 0 aliphatic rings. The number of halogens is 1. The van der Waals surface area contributed by atoms with Crippen LogP contribution in [-0.4, -0.2) is 20.9 Å². The lowest BCUT2D eigenvalue weighted by atomic mass is 10.2. The van der Waals surface area contributed by atoms with Crippen molar-refractivity contribution >= 4 is 17.5 Å². The second-order valence-electron chi connectivity index (χ2n) is 5.44. The number of hydrogen-bond acceptors (Lipinski definition) is 3. The standard InChI is InChI=1S/C18H17ClN4O/c1-13-17(18(24)20-11-14-7-3-2-4-8-14)21-22-23(13)12-15-9-5-6-10-16(15)19/h2-10H,11-12H2,1H3,(H,20,24). The summed E-state index contributed by atoms with van der Waals surface area (Å²) in [5.74, 6) is -0.234. The van der Waals surface area contributed by atoms with Crippen LogP contribution >= 0.6 is 11.6 Å². The molecule has 3 aromatic rings. The van der Waals surface area contributed by atoms with Crippen molar-refractivity contribution in [2.45, 2.75) is 20.0 Å². The molecule has 0 saturated carbocycles. The second kappa shape index (κ2) is 7.27. The molecule has 1 heterocycles. The van der Waals surface area contributed by atoms with Crippen molar-refractivity contribution in [3.8, 4) is 0 Å². The van der Waals surface area contributed by atoms with Gasteiger partial charge in [0.2, 0.25) is 0 Å². The van der Waals surface area contributed by atoms with Crippen LogP contribution in [0, 0.1) is 6.92 Å². The summed E-state index contributed by atoms with van der Waals surface area (Å²) in [6, 6.07) is 17.3. The maximum absolute atomic E-state index is 12.3. The van der Waals surface area contributed by atoms with Gasteiger partial charge in [0.25, 0.3) is 5.91 Å². The number of nitrogens with one attached hydrogen (secondary N) is 1. The summed E-state index contributed by atoms with van der Waals surface area (Å²) in [7, 11) is 0. The van der Waals surface area contributed by atoms with Crippen molar-refractivity contribution in [2.24, 2.45) is 0 Å². The lowest BCUT2D eigenvalue weighted by Gasteiger charge is -2.06. The van der Waals surface area contributed by atoms with Crippen LogP contribution < -0.4 is 5.32 Å². The van der Waals surface area contributed by atoms with Crippen molar-refractivity contribution < 1.29 is 4.79 Å². The van der Waals surface area contributed by atoms with Crippen molar-refractivity contribution in [1.82, 2.24) is 20.3 Å². The molecule has 1 N–H and O–H groups in total. The Kier molecular flexibility index (Phi) is 4.91. The first kappa shape index (κ1) is 16.2. The van der Waals surface area contributed by atoms with Crippen LogP contribution in [0.25, 0.3) is 0 Å². The second-order valence-corrected chi connectivity index (χ2v) is 5.85. The van der Waals surface area contributed by atoms with Crippen molar-refractivity contribution in [1.29, 1.82) is 0 Å². The van der Waals surface area contributed by atoms with E-state index in [1.54, 1.807) is 4.68 Å². The van der Waals surface area contributed by atoms with Crippen LogP contribution in [-0.2, 0) is 13.1 Å². The third-order valence-electron chi connectivity index (χ3n) is 3.77. The molecule has 0 unspecified atom stereocenters. The van der Waals surface area contributed by atoms with E-state index in [0.717, 1.165) is 11.1 Å². The van der Waals surface area contributed by atoms with Crippen LogP contribution in [0.1, 0.15) is 27.3 Å². The van der Waals surface area contributed by atoms with Gasteiger partial charge in [-0.25, -0.2) is 4.68 Å². The Morgan fingerprint density at radius 2 is 1.83 bits per heavy atom. The number of benzene rings is 2. The molecule has 1 aromatic heterocycles. The Balaban J connectivity index is 1.70. The summed E-state index contributed by atoms with van der Waals surface area (Å²) >= 11 is 6.17. The van der Waals surface area contributed by atoms with E-state index in [2.05, 4.69) is 15.6 Å². The summed E-state index contributed by atoms with van der Waals surface area (Å²) in [5, 5.41) is 11.6. The smallest absolute Gasteiger partial charge is 0.274 e. The molecule has 0 aliphatic carbocycles. The molecule has 0 fully saturated rings. The first-order valence-corrected chi connectivity index (χ1v) is 7.98. The molecule has 0 bridgehead atoms. The zero-order valence-electron chi connectivity index (χ0n) is 13.2. The first-order chi connectivity index (χ1) is 11.6. The van der Waals surface area contributed by atoms with Crippen molar-refractivity contribution in [2.75, 3.05) is 0 Å². The van der Waals surface area contributed by atoms with Gasteiger partial charge in [-0.05, 0) is 24.1 Å². The van der Waals surface area contributed by atoms with Gasteiger partial charge < -0.3 is 5.32 Å². The van der Waals surface area contributed by atoms with E-state index < -0.39 is 0 Å². The molecule has 24 heavy (non-hydrogen) atoms. The zero-order valence-corrected chi connectivity index (χ0v) is 14.0. The van der Waals surface area contributed by atoms with Crippen LogP contribution in [0.3, 0.4) is 0 Å². The lowest BCUT2D eigenvalue weighted by molar-refractivity contribution is 0.0945. The van der Waals surface area contributed by atoms with Crippen LogP contribution in [0.2, 0.25) is 5.02 Å². The van der Waals surface area contributed by atoms with Crippen molar-refractivity contribution in [3.63, 3.8) is 0 Å². The van der Waals surface area contributed by atoms with Crippen LogP contribution in [0.4, 0.5) is 0 Å². The van der Waals surface area contributed by atoms with Gasteiger partial charge in [-0.3, -0.25) is 4.79 Å². The molecule has 0 spiro atoms. The number of rotatable bonds is 5. The van der Waals surface area contributed by atoms with Gasteiger partial charge >= 0.3 is 0 Å². The SMILES string of the molecule is Cc1c(C(=O)NCc2ccccc2)nnn1Cc1ccccc1Cl. The molecular weight excluding hydrogens is 324 g/mol. The van der Waals surface area contributed by atoms with Gasteiger partial charge in [-0.15, -0.1) is 5.10 Å². The summed E-state index contributed by atoms with van der Waals surface area (Å²) in [5.41, 5.74) is 3.01. The average molecular weight is 341 g/mol. The van der Waals surface area contributed by atoms with Gasteiger partial charge in [-0.2, -0.15) is 0 Å². The number of aromatic nitrogens is 3. The fourth-order valence-corrected chi connectivity index (χ4v) is 2.57. The van der Waals surface area contributed by atoms with Crippen LogP contribution in [0.5, 0.6) is 0 Å². The van der Waals surface area contributed by atoms with E-state index in [1.807, 2.05) is 61.5 Å². The van der Waals surface area contributed by atoms with E-state index in [4.69, 9.17) is 11.6 Å². The zero-order chi connectivity index (χ0) is 16.9. The van der Waals surface area contributed by atoms with Crippen LogP contribution in [0.15, 0.2) is 54.6 Å². The molecule has 6 heteroatoms. The van der Waals surface area contributed by atoms with Gasteiger partial charge in [0.05, 0.1) is 12.2 Å². The highest BCUT2D eigenvalue weighted by Crippen LogP contribution is 2.17. The Hall–Kier alpha value is -2.66. The van der Waals surface area contributed by atoms with Gasteiger partial charge in [0.1, 0.15) is 0 Å². The Morgan fingerprint density at radius 1 is 1.12 bits per heavy atom. The molecule has 1 amide bonds. The molecule has 3 rings (SSSR count). The summed E-state index contributed by atoms with van der Waals surface area (Å²) in [4.78, 5) is 12.3. The number of carbonyl (C=O) groups is 1. The number of carbonyl (C=O) groups excluding carboxylic acids is 1. The number of amides is 1. The Morgan fingerprint density at radius 3 is 2.58 bits per heavy atom. The fraction of sp³-hybridized carbons (Fsp3) is 0.167. The molecular formula is C18H17ClN4O. The highest BCUT2D eigenvalue weighted by Gasteiger charge is 2.16. The minimum atomic E-state index is -0.234. The molecule has 0 radical (unpaired) electrons. The third-order valence-corrected chi connectivity index (χ3v) is 4.14. The van der Waals surface area contributed by atoms with Gasteiger partial charge in [0.15, 0.2) is 5.69 Å². The fourth-order valence-electron chi connectivity index (χ4n) is 2.37. The highest BCUT2D eigenvalue weighted by molar-refractivity contribution is 6.31. The molecule has 0 atom stereocenters. The first-order valence-electron chi connectivity index (χ1n) is 7.61. The third kappa shape index (κ3) is 3.63. The normalized spacial score (nSPS) is 10.6. The number of nitrogens with zero attached hydrogens (tertiary/aromatic N) is 3. The summed E-state index contributed by atoms with van der Waals surface area (Å²) in [6.45, 7) is 2.76. The van der Waals surface area contributed by atoms with E-state index in [0.29, 0.717) is 29.5 Å². The topological polar surface area (TPSA) is 59.8 Å². The average Bonchev–Trinajstić information content (AvgIpc) is 2.96. The lowest BCUT2D eigenvalue weighted by Crippen LogP contribution is -2.24. The molecule has 2 aromatic carbocycles. The highest BCUT2D eigenvalue weighted by atomic mass is 35.5. The maximum atomic E-state index is 12.3. The number of hydrogen-bond donors (Lipinski definition) is 1. The molecule has 0 aliphatic heterocycles. The predicted octanol–water partition coefficient (Wildman–Crippen LogP) is 3.22. The van der Waals surface area contributed by atoms with Gasteiger partial charge in [-0.1, -0.05) is 65.3 Å². The summed E-state index contributed by atoms with van der Waals surface area (Å²) in [6.07, 6.45) is 0. The minimum absolute atomic E-state index is 0.234. The van der Waals surface area contributed by atoms with E-state index in [1.165, 1.54) is 0 Å². The Labute approximate surface area is 145 Å².